The first-order chi connectivity index (χ1) is 20.3. The lowest BCUT2D eigenvalue weighted by molar-refractivity contribution is -0.143. The van der Waals surface area contributed by atoms with Crippen molar-refractivity contribution in [1.82, 2.24) is 10.2 Å². The van der Waals surface area contributed by atoms with E-state index in [1.165, 1.54) is 17.7 Å². The largest absolute Gasteiger partial charge is 0.416 e. The van der Waals surface area contributed by atoms with Crippen LogP contribution >= 0.6 is 0 Å². The zero-order chi connectivity index (χ0) is 30.8. The van der Waals surface area contributed by atoms with E-state index in [1.807, 2.05) is 42.5 Å². The highest BCUT2D eigenvalue weighted by Gasteiger charge is 2.40. The molecule has 2 nitrogen and oxygen atoms in total. The molecule has 5 rings (SSSR count). The van der Waals surface area contributed by atoms with Gasteiger partial charge in [-0.3, -0.25) is 0 Å². The normalized spacial score (nSPS) is 23.3. The van der Waals surface area contributed by atoms with E-state index < -0.39 is 34.9 Å². The summed E-state index contributed by atoms with van der Waals surface area (Å²) in [5.74, 6) is -0.387. The molecule has 1 aliphatic heterocycles. The Morgan fingerprint density at radius 1 is 0.791 bits per heavy atom. The summed E-state index contributed by atoms with van der Waals surface area (Å²) in [7, 11) is 0. The monoisotopic (exact) mass is 606 g/mol. The van der Waals surface area contributed by atoms with Crippen molar-refractivity contribution >= 4 is 0 Å². The van der Waals surface area contributed by atoms with E-state index >= 15 is 0 Å². The number of benzene rings is 3. The lowest BCUT2D eigenvalue weighted by atomic mass is 9.73. The summed E-state index contributed by atoms with van der Waals surface area (Å²) in [5, 5.41) is 3.61. The molecule has 2 aliphatic rings. The van der Waals surface area contributed by atoms with Crippen molar-refractivity contribution in [3.8, 4) is 0 Å². The number of likely N-dealkylation sites (tertiary alicyclic amines) is 1. The molecule has 1 unspecified atom stereocenters. The van der Waals surface area contributed by atoms with Crippen molar-refractivity contribution in [3.63, 3.8) is 0 Å². The predicted molar refractivity (Wildman–Crippen MR) is 153 cm³/mol. The topological polar surface area (TPSA) is 15.3 Å². The number of nitrogens with one attached hydrogen (secondary N) is 1. The Kier molecular flexibility index (Phi) is 9.23. The molecule has 3 aromatic carbocycles. The lowest BCUT2D eigenvalue weighted by Gasteiger charge is -2.46. The number of hydrogen-bond acceptors (Lipinski definition) is 2. The number of halogens is 7. The Morgan fingerprint density at radius 3 is 1.88 bits per heavy atom. The van der Waals surface area contributed by atoms with Gasteiger partial charge in [-0.25, -0.2) is 4.39 Å². The van der Waals surface area contributed by atoms with Gasteiger partial charge in [0.25, 0.3) is 0 Å². The van der Waals surface area contributed by atoms with Gasteiger partial charge in [0.2, 0.25) is 0 Å². The number of alkyl halides is 6. The highest BCUT2D eigenvalue weighted by molar-refractivity contribution is 5.36. The fourth-order valence-electron chi connectivity index (χ4n) is 6.85. The maximum atomic E-state index is 13.5. The fourth-order valence-corrected chi connectivity index (χ4v) is 6.85. The Morgan fingerprint density at radius 2 is 1.35 bits per heavy atom. The third kappa shape index (κ3) is 7.43. The average Bonchev–Trinajstić information content (AvgIpc) is 3.00. The molecular weight excluding hydrogens is 569 g/mol. The van der Waals surface area contributed by atoms with E-state index in [0.717, 1.165) is 69.3 Å². The molecule has 0 aromatic heterocycles. The van der Waals surface area contributed by atoms with E-state index in [1.54, 1.807) is 6.92 Å². The van der Waals surface area contributed by atoms with Crippen LogP contribution in [0.1, 0.15) is 85.1 Å². The molecular formula is C34H37F7N2. The van der Waals surface area contributed by atoms with Crippen molar-refractivity contribution in [3.05, 3.63) is 106 Å². The molecule has 1 saturated heterocycles. The lowest BCUT2D eigenvalue weighted by Crippen LogP contribution is -2.51. The van der Waals surface area contributed by atoms with Crippen LogP contribution in [0.2, 0.25) is 0 Å². The van der Waals surface area contributed by atoms with Crippen molar-refractivity contribution in [2.24, 2.45) is 0 Å². The molecule has 3 aromatic rings. The molecule has 0 amide bonds. The molecule has 1 atom stereocenters. The van der Waals surface area contributed by atoms with Gasteiger partial charge in [0.1, 0.15) is 5.82 Å². The third-order valence-corrected chi connectivity index (χ3v) is 9.45. The van der Waals surface area contributed by atoms with Gasteiger partial charge in [0, 0.05) is 18.1 Å². The first-order valence-electron chi connectivity index (χ1n) is 14.9. The third-order valence-electron chi connectivity index (χ3n) is 9.45. The smallest absolute Gasteiger partial charge is 0.307 e. The summed E-state index contributed by atoms with van der Waals surface area (Å²) >= 11 is 0. The number of hydrogen-bond donors (Lipinski definition) is 1. The van der Waals surface area contributed by atoms with Gasteiger partial charge in [0.05, 0.1) is 11.1 Å². The SMILES string of the molecule is CC(CN[C@]1(c2ccccc2)CC[C@@H](N2CCC(c3ccc(F)cc3)CC2)CC1)c1cc(C(F)(F)F)cc(C(F)(F)F)c1. The Hall–Kier alpha value is -2.91. The van der Waals surface area contributed by atoms with Gasteiger partial charge in [-0.15, -0.1) is 0 Å². The minimum absolute atomic E-state index is 0.00979. The second kappa shape index (κ2) is 12.6. The fraction of sp³-hybridized carbons (Fsp3) is 0.471. The Bertz CT molecular complexity index is 1300. The van der Waals surface area contributed by atoms with E-state index in [9.17, 15) is 30.7 Å². The summed E-state index contributed by atoms with van der Waals surface area (Å²) in [6.07, 6.45) is -4.25. The average molecular weight is 607 g/mol. The Balaban J connectivity index is 1.27. The molecule has 232 valence electrons. The molecule has 0 spiro atoms. The first kappa shape index (κ1) is 31.5. The standard InChI is InChI=1S/C34H37F7N2/c1-23(26-19-28(33(36,37)38)21-29(20-26)34(39,40)41)22-42-32(27-5-3-2-4-6-27)15-11-31(12-16-32)43-17-13-25(14-18-43)24-7-9-30(35)10-8-24/h2-10,19-21,23,25,31,42H,11-18,22H2,1H3/t23?,31-,32-. The van der Waals surface area contributed by atoms with E-state index in [4.69, 9.17) is 0 Å². The maximum absolute atomic E-state index is 13.5. The Labute approximate surface area is 248 Å². The van der Waals surface area contributed by atoms with E-state index in [-0.39, 0.29) is 24.0 Å². The second-order valence-electron chi connectivity index (χ2n) is 12.2. The summed E-state index contributed by atoms with van der Waals surface area (Å²) < 4.78 is 94.2. The van der Waals surface area contributed by atoms with Crippen molar-refractivity contribution in [2.45, 2.75) is 81.2 Å². The molecule has 1 saturated carbocycles. The second-order valence-corrected chi connectivity index (χ2v) is 12.2. The first-order valence-corrected chi connectivity index (χ1v) is 14.9. The summed E-state index contributed by atoms with van der Waals surface area (Å²) in [6, 6.07) is 19.0. The quantitative estimate of drug-likeness (QED) is 0.270. The van der Waals surface area contributed by atoms with Crippen LogP contribution in [0, 0.1) is 5.82 Å². The van der Waals surface area contributed by atoms with Crippen molar-refractivity contribution < 1.29 is 30.7 Å². The number of rotatable bonds is 7. The molecule has 1 N–H and O–H groups in total. The number of piperidine rings is 1. The van der Waals surface area contributed by atoms with Crippen molar-refractivity contribution in [2.75, 3.05) is 19.6 Å². The van der Waals surface area contributed by atoms with E-state index in [2.05, 4.69) is 10.2 Å². The van der Waals surface area contributed by atoms with Crippen LogP contribution in [0.25, 0.3) is 0 Å². The van der Waals surface area contributed by atoms with Crippen LogP contribution in [0.15, 0.2) is 72.8 Å². The van der Waals surface area contributed by atoms with Gasteiger partial charge in [-0.05, 0) is 110 Å². The predicted octanol–water partition coefficient (Wildman–Crippen LogP) is 9.27. The molecule has 0 bridgehead atoms. The minimum Gasteiger partial charge on any atom is -0.307 e. The number of nitrogens with zero attached hydrogens (tertiary/aromatic N) is 1. The maximum Gasteiger partial charge on any atom is 0.416 e. The zero-order valence-electron chi connectivity index (χ0n) is 24.1. The minimum atomic E-state index is -4.87. The molecule has 0 radical (unpaired) electrons. The van der Waals surface area contributed by atoms with Crippen molar-refractivity contribution in [1.29, 1.82) is 0 Å². The van der Waals surface area contributed by atoms with Gasteiger partial charge in [0.15, 0.2) is 0 Å². The van der Waals surface area contributed by atoms with Crippen LogP contribution in [-0.4, -0.2) is 30.6 Å². The zero-order valence-corrected chi connectivity index (χ0v) is 24.1. The van der Waals surface area contributed by atoms with Gasteiger partial charge in [-0.1, -0.05) is 49.4 Å². The highest BCUT2D eigenvalue weighted by atomic mass is 19.4. The molecule has 2 fully saturated rings. The molecule has 9 heteroatoms. The molecule has 1 heterocycles. The van der Waals surface area contributed by atoms with Crippen LogP contribution < -0.4 is 5.32 Å². The molecule has 43 heavy (non-hydrogen) atoms. The summed E-state index contributed by atoms with van der Waals surface area (Å²) in [5.41, 5.74) is -0.732. The van der Waals surface area contributed by atoms with E-state index in [0.29, 0.717) is 12.0 Å². The highest BCUT2D eigenvalue weighted by Crippen LogP contribution is 2.42. The molecule has 1 aliphatic carbocycles. The summed E-state index contributed by atoms with van der Waals surface area (Å²) in [4.78, 5) is 2.54. The van der Waals surface area contributed by atoms with Gasteiger partial charge >= 0.3 is 12.4 Å². The van der Waals surface area contributed by atoms with Gasteiger partial charge < -0.3 is 10.2 Å². The van der Waals surface area contributed by atoms with Crippen LogP contribution in [-0.2, 0) is 17.9 Å². The van der Waals surface area contributed by atoms with Crippen LogP contribution in [0.3, 0.4) is 0 Å². The van der Waals surface area contributed by atoms with Gasteiger partial charge in [-0.2, -0.15) is 26.3 Å². The summed E-state index contributed by atoms with van der Waals surface area (Å²) in [6.45, 7) is 3.83. The van der Waals surface area contributed by atoms with Crippen LogP contribution in [0.4, 0.5) is 30.7 Å². The van der Waals surface area contributed by atoms with Crippen LogP contribution in [0.5, 0.6) is 0 Å².